The van der Waals surface area contributed by atoms with Crippen molar-refractivity contribution in [3.63, 3.8) is 0 Å². The van der Waals surface area contributed by atoms with Gasteiger partial charge in [0.25, 0.3) is 10.1 Å². The Balaban J connectivity index is 1.92. The van der Waals surface area contributed by atoms with Crippen LogP contribution in [0, 0.1) is 0 Å². The Hall–Kier alpha value is -1.80. The maximum Gasteiger partial charge on any atom is 0.283 e. The topological polar surface area (TPSA) is 90.0 Å². The highest BCUT2D eigenvalue weighted by atomic mass is 32.2. The van der Waals surface area contributed by atoms with Crippen molar-refractivity contribution >= 4 is 27.4 Å². The van der Waals surface area contributed by atoms with Crippen molar-refractivity contribution in [1.29, 1.82) is 0 Å². The molecule has 1 heterocycles. The zero-order chi connectivity index (χ0) is 15.5. The molecule has 0 spiro atoms. The van der Waals surface area contributed by atoms with E-state index in [0.29, 0.717) is 18.8 Å². The second kappa shape index (κ2) is 6.31. The zero-order valence-corrected chi connectivity index (χ0v) is 12.6. The van der Waals surface area contributed by atoms with E-state index in [-0.39, 0.29) is 5.91 Å². The van der Waals surface area contributed by atoms with Gasteiger partial charge in [-0.05, 0) is 24.3 Å². The van der Waals surface area contributed by atoms with E-state index in [1.165, 1.54) is 0 Å². The molecule has 1 aromatic carbocycles. The minimum atomic E-state index is -4.03. The van der Waals surface area contributed by atoms with Gasteiger partial charge in [0.15, 0.2) is 0 Å². The summed E-state index contributed by atoms with van der Waals surface area (Å²) in [7, 11) is -4.03. The Bertz CT molecular complexity index is 592. The van der Waals surface area contributed by atoms with Crippen LogP contribution in [0.2, 0.25) is 0 Å². The quantitative estimate of drug-likeness (QED) is 0.792. The van der Waals surface area contributed by atoms with E-state index in [9.17, 15) is 13.2 Å². The smallest absolute Gasteiger partial charge is 0.283 e. The molecule has 0 unspecified atom stereocenters. The SMILES string of the molecule is CC(=O)N1CCN(c2ccc(NCS(=O)(=O)O)cc2)CC1. The van der Waals surface area contributed by atoms with Gasteiger partial charge in [-0.3, -0.25) is 9.35 Å². The summed E-state index contributed by atoms with van der Waals surface area (Å²) in [6.07, 6.45) is 0. The third-order valence-electron chi connectivity index (χ3n) is 3.42. The lowest BCUT2D eigenvalue weighted by molar-refractivity contribution is -0.129. The number of nitrogens with zero attached hydrogens (tertiary/aromatic N) is 2. The van der Waals surface area contributed by atoms with Crippen LogP contribution in [0.25, 0.3) is 0 Å². The number of carbonyl (C=O) groups excluding carboxylic acids is 1. The molecule has 0 aromatic heterocycles. The van der Waals surface area contributed by atoms with Crippen LogP contribution in [-0.2, 0) is 14.9 Å². The molecule has 0 bridgehead atoms. The summed E-state index contributed by atoms with van der Waals surface area (Å²) in [5, 5.41) is 2.63. The molecule has 8 heteroatoms. The van der Waals surface area contributed by atoms with E-state index in [1.807, 2.05) is 17.0 Å². The molecular formula is C13H19N3O4S. The average Bonchev–Trinajstić information content (AvgIpc) is 2.45. The van der Waals surface area contributed by atoms with Crippen LogP contribution in [0.3, 0.4) is 0 Å². The molecule has 0 radical (unpaired) electrons. The molecule has 1 aromatic rings. The van der Waals surface area contributed by atoms with Crippen LogP contribution >= 0.6 is 0 Å². The number of rotatable bonds is 4. The van der Waals surface area contributed by atoms with E-state index in [1.54, 1.807) is 19.1 Å². The van der Waals surface area contributed by atoms with Gasteiger partial charge in [0.1, 0.15) is 5.88 Å². The molecule has 21 heavy (non-hydrogen) atoms. The van der Waals surface area contributed by atoms with Crippen LogP contribution in [0.15, 0.2) is 24.3 Å². The maximum atomic E-state index is 11.3. The van der Waals surface area contributed by atoms with Gasteiger partial charge in [-0.25, -0.2) is 0 Å². The van der Waals surface area contributed by atoms with Gasteiger partial charge >= 0.3 is 0 Å². The highest BCUT2D eigenvalue weighted by Crippen LogP contribution is 2.19. The lowest BCUT2D eigenvalue weighted by Crippen LogP contribution is -2.48. The predicted molar refractivity (Wildman–Crippen MR) is 80.9 cm³/mol. The Kier molecular flexibility index (Phi) is 4.69. The Morgan fingerprint density at radius 1 is 1.19 bits per heavy atom. The number of piperazine rings is 1. The summed E-state index contributed by atoms with van der Waals surface area (Å²) < 4.78 is 30.0. The van der Waals surface area contributed by atoms with E-state index >= 15 is 0 Å². The van der Waals surface area contributed by atoms with Gasteiger partial charge in [-0.1, -0.05) is 0 Å². The van der Waals surface area contributed by atoms with Gasteiger partial charge in [0.2, 0.25) is 5.91 Å². The third kappa shape index (κ3) is 4.61. The minimum Gasteiger partial charge on any atom is -0.370 e. The molecule has 2 N–H and O–H groups in total. The zero-order valence-electron chi connectivity index (χ0n) is 11.8. The number of benzene rings is 1. The normalized spacial score (nSPS) is 15.9. The van der Waals surface area contributed by atoms with Gasteiger partial charge in [-0.15, -0.1) is 0 Å². The lowest BCUT2D eigenvalue weighted by atomic mass is 10.2. The van der Waals surface area contributed by atoms with Crippen molar-refractivity contribution in [3.05, 3.63) is 24.3 Å². The number of carbonyl (C=O) groups is 1. The first-order valence-electron chi connectivity index (χ1n) is 6.65. The van der Waals surface area contributed by atoms with Crippen LogP contribution in [0.1, 0.15) is 6.92 Å². The Labute approximate surface area is 124 Å². The summed E-state index contributed by atoms with van der Waals surface area (Å²) >= 11 is 0. The largest absolute Gasteiger partial charge is 0.370 e. The van der Waals surface area contributed by atoms with Crippen LogP contribution in [0.5, 0.6) is 0 Å². The van der Waals surface area contributed by atoms with Crippen molar-refractivity contribution in [3.8, 4) is 0 Å². The molecule has 1 aliphatic heterocycles. The average molecular weight is 313 g/mol. The second-order valence-electron chi connectivity index (χ2n) is 4.94. The Morgan fingerprint density at radius 3 is 2.24 bits per heavy atom. The molecule has 1 fully saturated rings. The summed E-state index contributed by atoms with van der Waals surface area (Å²) in [5.74, 6) is -0.414. The molecule has 0 saturated carbocycles. The predicted octanol–water partition coefficient (Wildman–Crippen LogP) is 0.612. The van der Waals surface area contributed by atoms with Gasteiger partial charge < -0.3 is 15.1 Å². The number of hydrogen-bond donors (Lipinski definition) is 2. The minimum absolute atomic E-state index is 0.0967. The van der Waals surface area contributed by atoms with E-state index < -0.39 is 16.0 Å². The van der Waals surface area contributed by atoms with Crippen molar-refractivity contribution in [2.75, 3.05) is 42.3 Å². The fourth-order valence-electron chi connectivity index (χ4n) is 2.24. The first kappa shape index (κ1) is 15.6. The number of anilines is 2. The van der Waals surface area contributed by atoms with E-state index in [0.717, 1.165) is 18.8 Å². The first-order chi connectivity index (χ1) is 9.85. The molecule has 2 rings (SSSR count). The molecule has 0 atom stereocenters. The van der Waals surface area contributed by atoms with Gasteiger partial charge in [-0.2, -0.15) is 8.42 Å². The van der Waals surface area contributed by atoms with Gasteiger partial charge in [0.05, 0.1) is 0 Å². The molecule has 7 nitrogen and oxygen atoms in total. The number of amides is 1. The van der Waals surface area contributed by atoms with Crippen molar-refractivity contribution < 1.29 is 17.8 Å². The van der Waals surface area contributed by atoms with Crippen LogP contribution in [0.4, 0.5) is 11.4 Å². The van der Waals surface area contributed by atoms with Crippen LogP contribution < -0.4 is 10.2 Å². The summed E-state index contributed by atoms with van der Waals surface area (Å²) in [6, 6.07) is 7.29. The van der Waals surface area contributed by atoms with Gasteiger partial charge in [0, 0.05) is 44.5 Å². The summed E-state index contributed by atoms with van der Waals surface area (Å²) in [4.78, 5) is 15.3. The highest BCUT2D eigenvalue weighted by Gasteiger charge is 2.18. The summed E-state index contributed by atoms with van der Waals surface area (Å²) in [6.45, 7) is 4.54. The fourth-order valence-corrected chi connectivity index (χ4v) is 2.59. The van der Waals surface area contributed by atoms with Crippen LogP contribution in [-0.4, -0.2) is 55.8 Å². The second-order valence-corrected chi connectivity index (χ2v) is 6.40. The number of nitrogens with one attached hydrogen (secondary N) is 1. The van der Waals surface area contributed by atoms with E-state index in [4.69, 9.17) is 4.55 Å². The molecular weight excluding hydrogens is 294 g/mol. The molecule has 1 saturated heterocycles. The fraction of sp³-hybridized carbons (Fsp3) is 0.462. The Morgan fingerprint density at radius 2 is 1.76 bits per heavy atom. The standard InChI is InChI=1S/C13H19N3O4S/c1-11(17)15-6-8-16(9-7-15)13-4-2-12(3-5-13)14-10-21(18,19)20/h2-5,14H,6-10H2,1H3,(H,18,19,20). The first-order valence-corrected chi connectivity index (χ1v) is 8.25. The third-order valence-corrected chi connectivity index (χ3v) is 3.93. The van der Waals surface area contributed by atoms with Crippen molar-refractivity contribution in [1.82, 2.24) is 4.90 Å². The molecule has 1 amide bonds. The molecule has 116 valence electrons. The highest BCUT2D eigenvalue weighted by molar-refractivity contribution is 7.85. The number of hydrogen-bond acceptors (Lipinski definition) is 5. The van der Waals surface area contributed by atoms with Crippen molar-refractivity contribution in [2.24, 2.45) is 0 Å². The molecule has 0 aliphatic carbocycles. The monoisotopic (exact) mass is 313 g/mol. The lowest BCUT2D eigenvalue weighted by Gasteiger charge is -2.35. The van der Waals surface area contributed by atoms with Crippen molar-refractivity contribution in [2.45, 2.75) is 6.92 Å². The van der Waals surface area contributed by atoms with E-state index in [2.05, 4.69) is 10.2 Å². The molecule has 1 aliphatic rings. The summed E-state index contributed by atoms with van der Waals surface area (Å²) in [5.41, 5.74) is 1.65. The maximum absolute atomic E-state index is 11.3.